The lowest BCUT2D eigenvalue weighted by Crippen LogP contribution is -2.22. The molecule has 7 heteroatoms. The van der Waals surface area contributed by atoms with Crippen molar-refractivity contribution in [1.82, 2.24) is 9.78 Å². The van der Waals surface area contributed by atoms with Gasteiger partial charge >= 0.3 is 0 Å². The molecule has 2 aliphatic heterocycles. The Bertz CT molecular complexity index is 1810. The number of hydrogen-bond donors (Lipinski definition) is 0. The van der Waals surface area contributed by atoms with Gasteiger partial charge in [0, 0.05) is 42.4 Å². The van der Waals surface area contributed by atoms with Gasteiger partial charge in [-0.1, -0.05) is 24.3 Å². The van der Waals surface area contributed by atoms with Gasteiger partial charge in [0.05, 0.1) is 11.3 Å². The average molecular weight is 578 g/mol. The van der Waals surface area contributed by atoms with Gasteiger partial charge in [-0.25, -0.2) is 9.07 Å². The lowest BCUT2D eigenvalue weighted by molar-refractivity contribution is -0.162. The average Bonchev–Trinajstić information content (AvgIpc) is 3.53. The first kappa shape index (κ1) is 28.0. The van der Waals surface area contributed by atoms with Crippen LogP contribution >= 0.6 is 0 Å². The van der Waals surface area contributed by atoms with Gasteiger partial charge in [0.1, 0.15) is 11.9 Å². The van der Waals surface area contributed by atoms with E-state index in [9.17, 15) is 5.26 Å². The molecule has 0 spiro atoms. The van der Waals surface area contributed by atoms with Crippen LogP contribution in [0.15, 0.2) is 60.8 Å². The number of halogens is 1. The van der Waals surface area contributed by atoms with Crippen LogP contribution in [0.1, 0.15) is 68.7 Å². The van der Waals surface area contributed by atoms with Crippen molar-refractivity contribution in [2.45, 2.75) is 70.3 Å². The Morgan fingerprint density at radius 3 is 2.33 bits per heavy atom. The number of benzene rings is 4. The predicted octanol–water partition coefficient (Wildman–Crippen LogP) is 8.59. The molecular weight excluding hydrogens is 541 g/mol. The largest absolute Gasteiger partial charge is 0.356 e. The van der Waals surface area contributed by atoms with E-state index in [4.69, 9.17) is 14.2 Å². The normalized spacial score (nSPS) is 19.3. The number of aromatic nitrogens is 2. The van der Waals surface area contributed by atoms with Crippen LogP contribution in [0.2, 0.25) is 0 Å². The summed E-state index contributed by atoms with van der Waals surface area (Å²) < 4.78 is 36.5. The van der Waals surface area contributed by atoms with E-state index in [0.29, 0.717) is 47.2 Å². The highest BCUT2D eigenvalue weighted by Gasteiger charge is 2.27. The first-order valence-electron chi connectivity index (χ1n) is 15.6. The maximum absolute atomic E-state index is 17.0. The second kappa shape index (κ2) is 12.4. The Kier molecular flexibility index (Phi) is 8.08. The minimum Gasteiger partial charge on any atom is -0.356 e. The van der Waals surface area contributed by atoms with Crippen LogP contribution in [-0.4, -0.2) is 35.9 Å². The summed E-state index contributed by atoms with van der Waals surface area (Å²) in [7, 11) is 0. The molecule has 43 heavy (non-hydrogen) atoms. The molecule has 2 unspecified atom stereocenters. The fourth-order valence-corrected chi connectivity index (χ4v) is 6.70. The predicted molar refractivity (Wildman–Crippen MR) is 166 cm³/mol. The summed E-state index contributed by atoms with van der Waals surface area (Å²) >= 11 is 0. The molecule has 4 aromatic carbocycles. The molecule has 0 saturated carbocycles. The van der Waals surface area contributed by atoms with Crippen molar-refractivity contribution in [3.8, 4) is 17.3 Å². The van der Waals surface area contributed by atoms with Crippen molar-refractivity contribution in [3.05, 3.63) is 77.7 Å². The number of nitrogens with zero attached hydrogens (tertiary/aromatic N) is 3. The summed E-state index contributed by atoms with van der Waals surface area (Å²) in [5.41, 5.74) is 2.35. The molecule has 5 aromatic rings. The molecule has 3 heterocycles. The van der Waals surface area contributed by atoms with Crippen LogP contribution in [0.4, 0.5) is 4.39 Å². The maximum Gasteiger partial charge on any atom is 0.157 e. The van der Waals surface area contributed by atoms with E-state index in [0.717, 1.165) is 85.1 Å². The lowest BCUT2D eigenvalue weighted by Gasteiger charge is -2.26. The van der Waals surface area contributed by atoms with E-state index in [2.05, 4.69) is 35.4 Å². The number of nitriles is 1. The highest BCUT2D eigenvalue weighted by Crippen LogP contribution is 2.40. The molecule has 0 amide bonds. The van der Waals surface area contributed by atoms with E-state index < -0.39 is 0 Å². The Morgan fingerprint density at radius 1 is 0.884 bits per heavy atom. The van der Waals surface area contributed by atoms with Crippen molar-refractivity contribution < 1.29 is 18.6 Å². The van der Waals surface area contributed by atoms with Crippen LogP contribution in [0.25, 0.3) is 43.6 Å². The molecule has 2 saturated heterocycles. The Labute approximate surface area is 251 Å². The van der Waals surface area contributed by atoms with Gasteiger partial charge in [-0.05, 0) is 115 Å². The molecule has 220 valence electrons. The van der Waals surface area contributed by atoms with Crippen molar-refractivity contribution in [2.75, 3.05) is 19.8 Å². The van der Waals surface area contributed by atoms with E-state index in [-0.39, 0.29) is 18.3 Å². The second-order valence-electron chi connectivity index (χ2n) is 11.7. The first-order valence-corrected chi connectivity index (χ1v) is 15.6. The molecule has 2 atom stereocenters. The SMILES string of the molecule is N#Cc1c(CCCCOC2CCCCO2)c(-c2ccnn2C2CCCCO2)c(F)c2cc3cc4ccccc4cc3cc12. The third-order valence-corrected chi connectivity index (χ3v) is 8.90. The number of ether oxygens (including phenoxy) is 3. The summed E-state index contributed by atoms with van der Waals surface area (Å²) in [5.74, 6) is -0.316. The van der Waals surface area contributed by atoms with Gasteiger partial charge in [-0.15, -0.1) is 0 Å². The van der Waals surface area contributed by atoms with Crippen molar-refractivity contribution in [1.29, 1.82) is 5.26 Å². The number of unbranched alkanes of at least 4 members (excludes halogenated alkanes) is 1. The summed E-state index contributed by atoms with van der Waals surface area (Å²) in [5, 5.41) is 20.4. The van der Waals surface area contributed by atoms with E-state index in [1.807, 2.05) is 35.0 Å². The molecule has 1 aromatic heterocycles. The zero-order valence-corrected chi connectivity index (χ0v) is 24.4. The maximum atomic E-state index is 17.0. The van der Waals surface area contributed by atoms with Crippen LogP contribution in [0.5, 0.6) is 0 Å². The standard InChI is InChI=1S/C36H36FN3O3/c37-36-30-22-27-20-25-10-2-1-9-24(25)19-26(27)21-29(30)31(23-38)28(11-3-6-17-42-34-13-5-8-18-43-34)35(36)32-14-15-39-40(32)33-12-4-7-16-41-33/h1-2,9-10,14-15,19-22,33-34H,3-8,11-13,16-18H2. The quantitative estimate of drug-likeness (QED) is 0.136. The van der Waals surface area contributed by atoms with Crippen LogP contribution in [0, 0.1) is 17.1 Å². The summed E-state index contributed by atoms with van der Waals surface area (Å²) in [6.45, 7) is 1.98. The van der Waals surface area contributed by atoms with Crippen molar-refractivity contribution >= 4 is 32.3 Å². The zero-order valence-electron chi connectivity index (χ0n) is 24.4. The molecule has 2 fully saturated rings. The minimum absolute atomic E-state index is 0.133. The van der Waals surface area contributed by atoms with Gasteiger partial charge in [-0.2, -0.15) is 10.4 Å². The molecule has 0 aliphatic carbocycles. The fourth-order valence-electron chi connectivity index (χ4n) is 6.70. The van der Waals surface area contributed by atoms with Gasteiger partial charge in [0.2, 0.25) is 0 Å². The van der Waals surface area contributed by atoms with Crippen molar-refractivity contribution in [2.24, 2.45) is 0 Å². The smallest absolute Gasteiger partial charge is 0.157 e. The molecule has 0 N–H and O–H groups in total. The molecule has 2 aliphatic rings. The topological polar surface area (TPSA) is 69.3 Å². The molecular formula is C36H36FN3O3. The van der Waals surface area contributed by atoms with Gasteiger partial charge < -0.3 is 14.2 Å². The Morgan fingerprint density at radius 2 is 1.63 bits per heavy atom. The summed E-state index contributed by atoms with van der Waals surface area (Å²) in [4.78, 5) is 0. The first-order chi connectivity index (χ1) is 21.2. The van der Waals surface area contributed by atoms with E-state index in [1.165, 1.54) is 0 Å². The number of rotatable bonds is 8. The minimum atomic E-state index is -0.316. The second-order valence-corrected chi connectivity index (χ2v) is 11.7. The third-order valence-electron chi connectivity index (χ3n) is 8.90. The highest BCUT2D eigenvalue weighted by atomic mass is 19.1. The van der Waals surface area contributed by atoms with Gasteiger partial charge in [0.15, 0.2) is 12.5 Å². The van der Waals surface area contributed by atoms with Crippen molar-refractivity contribution in [3.63, 3.8) is 0 Å². The summed E-state index contributed by atoms with van der Waals surface area (Å²) in [6.07, 6.45) is 9.42. The number of hydrogen-bond acceptors (Lipinski definition) is 5. The van der Waals surface area contributed by atoms with Gasteiger partial charge in [0.25, 0.3) is 0 Å². The number of fused-ring (bicyclic) bond motifs is 3. The van der Waals surface area contributed by atoms with E-state index >= 15 is 4.39 Å². The molecule has 0 bridgehead atoms. The fraction of sp³-hybridized carbons (Fsp3) is 0.389. The monoisotopic (exact) mass is 577 g/mol. The van der Waals surface area contributed by atoms with Crippen LogP contribution in [-0.2, 0) is 20.6 Å². The lowest BCUT2D eigenvalue weighted by atomic mass is 9.88. The van der Waals surface area contributed by atoms with Gasteiger partial charge in [-0.3, -0.25) is 0 Å². The van der Waals surface area contributed by atoms with Crippen LogP contribution < -0.4 is 0 Å². The molecule has 6 nitrogen and oxygen atoms in total. The van der Waals surface area contributed by atoms with E-state index in [1.54, 1.807) is 6.20 Å². The Balaban J connectivity index is 1.33. The molecule has 7 rings (SSSR count). The zero-order chi connectivity index (χ0) is 29.2. The van der Waals surface area contributed by atoms with Crippen LogP contribution in [0.3, 0.4) is 0 Å². The highest BCUT2D eigenvalue weighted by molar-refractivity contribution is 6.07. The Hall–Kier alpha value is -3.83. The summed E-state index contributed by atoms with van der Waals surface area (Å²) in [6, 6.07) is 20.6. The third kappa shape index (κ3) is 5.51. The molecule has 0 radical (unpaired) electrons.